The molecule has 1 heterocycles. The molecular formula is C9H14BrNO2. The zero-order chi connectivity index (χ0) is 9.68. The van der Waals surface area contributed by atoms with Crippen molar-refractivity contribution >= 4 is 15.9 Å². The van der Waals surface area contributed by atoms with Gasteiger partial charge in [0.15, 0.2) is 4.67 Å². The third-order valence-electron chi connectivity index (χ3n) is 1.73. The Morgan fingerprint density at radius 2 is 2.38 bits per heavy atom. The number of nitrogens with one attached hydrogen (secondary N) is 1. The van der Waals surface area contributed by atoms with E-state index in [1.807, 2.05) is 19.1 Å². The molecule has 0 aliphatic heterocycles. The highest BCUT2D eigenvalue weighted by atomic mass is 79.9. The SMILES string of the molecule is CC(CO)CNCc1ccc(Br)o1. The first-order valence-corrected chi connectivity index (χ1v) is 5.07. The summed E-state index contributed by atoms with van der Waals surface area (Å²) in [5.41, 5.74) is 0. The van der Waals surface area contributed by atoms with E-state index in [1.165, 1.54) is 0 Å². The van der Waals surface area contributed by atoms with Gasteiger partial charge in [-0.25, -0.2) is 0 Å². The molecule has 0 saturated heterocycles. The van der Waals surface area contributed by atoms with Gasteiger partial charge in [-0.15, -0.1) is 0 Å². The lowest BCUT2D eigenvalue weighted by molar-refractivity contribution is 0.232. The van der Waals surface area contributed by atoms with Crippen LogP contribution in [0.2, 0.25) is 0 Å². The van der Waals surface area contributed by atoms with Crippen LogP contribution < -0.4 is 5.32 Å². The molecule has 3 nitrogen and oxygen atoms in total. The van der Waals surface area contributed by atoms with Crippen molar-refractivity contribution in [3.63, 3.8) is 0 Å². The van der Waals surface area contributed by atoms with E-state index in [4.69, 9.17) is 9.52 Å². The van der Waals surface area contributed by atoms with E-state index < -0.39 is 0 Å². The van der Waals surface area contributed by atoms with Crippen LogP contribution in [0.4, 0.5) is 0 Å². The maximum Gasteiger partial charge on any atom is 0.169 e. The van der Waals surface area contributed by atoms with E-state index in [0.29, 0.717) is 12.5 Å². The number of rotatable bonds is 5. The van der Waals surface area contributed by atoms with Gasteiger partial charge in [0.2, 0.25) is 0 Å². The second-order valence-electron chi connectivity index (χ2n) is 3.12. The van der Waals surface area contributed by atoms with Crippen LogP contribution in [0.15, 0.2) is 21.2 Å². The van der Waals surface area contributed by atoms with Crippen molar-refractivity contribution in [2.24, 2.45) is 5.92 Å². The van der Waals surface area contributed by atoms with Gasteiger partial charge in [-0.3, -0.25) is 0 Å². The van der Waals surface area contributed by atoms with Gasteiger partial charge in [0.05, 0.1) is 6.54 Å². The summed E-state index contributed by atoms with van der Waals surface area (Å²) in [6.45, 7) is 3.71. The molecule has 2 N–H and O–H groups in total. The van der Waals surface area contributed by atoms with Crippen molar-refractivity contribution in [1.82, 2.24) is 5.32 Å². The maximum atomic E-state index is 8.77. The molecule has 0 spiro atoms. The van der Waals surface area contributed by atoms with E-state index in [1.54, 1.807) is 0 Å². The highest BCUT2D eigenvalue weighted by Gasteiger charge is 2.01. The Balaban J connectivity index is 2.20. The molecule has 13 heavy (non-hydrogen) atoms. The molecule has 1 rings (SSSR count). The van der Waals surface area contributed by atoms with Gasteiger partial charge in [-0.05, 0) is 34.0 Å². The second kappa shape index (κ2) is 5.42. The summed E-state index contributed by atoms with van der Waals surface area (Å²) < 4.78 is 6.04. The number of halogens is 1. The van der Waals surface area contributed by atoms with Gasteiger partial charge >= 0.3 is 0 Å². The molecule has 0 aromatic carbocycles. The third kappa shape index (κ3) is 3.93. The zero-order valence-electron chi connectivity index (χ0n) is 7.59. The number of aliphatic hydroxyl groups is 1. The molecule has 0 saturated carbocycles. The number of hydrogen-bond donors (Lipinski definition) is 2. The molecule has 0 fully saturated rings. The average molecular weight is 248 g/mol. The quantitative estimate of drug-likeness (QED) is 0.834. The molecule has 1 aromatic heterocycles. The Kier molecular flexibility index (Phi) is 4.48. The predicted octanol–water partition coefficient (Wildman–Crippen LogP) is 1.76. The van der Waals surface area contributed by atoms with E-state index >= 15 is 0 Å². The van der Waals surface area contributed by atoms with Gasteiger partial charge in [0.1, 0.15) is 5.76 Å². The zero-order valence-corrected chi connectivity index (χ0v) is 9.17. The van der Waals surface area contributed by atoms with Crippen LogP contribution in [0.3, 0.4) is 0 Å². The first-order chi connectivity index (χ1) is 6.22. The molecule has 0 radical (unpaired) electrons. The average Bonchev–Trinajstić information content (AvgIpc) is 2.51. The van der Waals surface area contributed by atoms with E-state index in [9.17, 15) is 0 Å². The molecule has 1 atom stereocenters. The smallest absolute Gasteiger partial charge is 0.169 e. The lowest BCUT2D eigenvalue weighted by Gasteiger charge is -2.07. The highest BCUT2D eigenvalue weighted by molar-refractivity contribution is 9.10. The van der Waals surface area contributed by atoms with Crippen LogP contribution in [0.1, 0.15) is 12.7 Å². The fraction of sp³-hybridized carbons (Fsp3) is 0.556. The lowest BCUT2D eigenvalue weighted by Crippen LogP contribution is -2.22. The summed E-state index contributed by atoms with van der Waals surface area (Å²) >= 11 is 3.23. The van der Waals surface area contributed by atoms with Gasteiger partial charge in [0.25, 0.3) is 0 Å². The van der Waals surface area contributed by atoms with Crippen LogP contribution in [0.25, 0.3) is 0 Å². The maximum absolute atomic E-state index is 8.77. The topological polar surface area (TPSA) is 45.4 Å². The number of furan rings is 1. The molecule has 0 amide bonds. The Morgan fingerprint density at radius 1 is 1.62 bits per heavy atom. The first kappa shape index (κ1) is 10.8. The largest absolute Gasteiger partial charge is 0.453 e. The van der Waals surface area contributed by atoms with Crippen LogP contribution in [-0.2, 0) is 6.54 Å². The molecule has 1 aromatic rings. The van der Waals surface area contributed by atoms with E-state index in [2.05, 4.69) is 21.2 Å². The first-order valence-electron chi connectivity index (χ1n) is 4.28. The van der Waals surface area contributed by atoms with Crippen molar-refractivity contribution in [1.29, 1.82) is 0 Å². The van der Waals surface area contributed by atoms with Crippen LogP contribution in [0, 0.1) is 5.92 Å². The van der Waals surface area contributed by atoms with Gasteiger partial charge in [-0.1, -0.05) is 6.92 Å². The Bertz CT molecular complexity index is 250. The van der Waals surface area contributed by atoms with Gasteiger partial charge in [-0.2, -0.15) is 0 Å². The molecule has 4 heteroatoms. The predicted molar refractivity (Wildman–Crippen MR) is 54.4 cm³/mol. The minimum absolute atomic E-state index is 0.217. The van der Waals surface area contributed by atoms with Gasteiger partial charge < -0.3 is 14.8 Å². The summed E-state index contributed by atoms with van der Waals surface area (Å²) in [6.07, 6.45) is 0. The fourth-order valence-corrected chi connectivity index (χ4v) is 1.29. The number of hydrogen-bond acceptors (Lipinski definition) is 3. The molecular weight excluding hydrogens is 234 g/mol. The standard InChI is InChI=1S/C9H14BrNO2/c1-7(6-12)4-11-5-8-2-3-9(10)13-8/h2-3,7,11-12H,4-6H2,1H3. The van der Waals surface area contributed by atoms with Crippen LogP contribution >= 0.6 is 15.9 Å². The third-order valence-corrected chi connectivity index (χ3v) is 2.16. The minimum Gasteiger partial charge on any atom is -0.453 e. The Morgan fingerprint density at radius 3 is 2.92 bits per heavy atom. The minimum atomic E-state index is 0.217. The van der Waals surface area contributed by atoms with Crippen LogP contribution in [-0.4, -0.2) is 18.3 Å². The van der Waals surface area contributed by atoms with Crippen LogP contribution in [0.5, 0.6) is 0 Å². The van der Waals surface area contributed by atoms with Crippen molar-refractivity contribution in [3.05, 3.63) is 22.6 Å². The number of aliphatic hydroxyl groups excluding tert-OH is 1. The molecule has 74 valence electrons. The summed E-state index contributed by atoms with van der Waals surface area (Å²) in [5.74, 6) is 1.19. The normalized spacial score (nSPS) is 13.2. The summed E-state index contributed by atoms with van der Waals surface area (Å²) in [7, 11) is 0. The highest BCUT2D eigenvalue weighted by Crippen LogP contribution is 2.13. The van der Waals surface area contributed by atoms with Crippen molar-refractivity contribution in [2.75, 3.05) is 13.2 Å². The summed E-state index contributed by atoms with van der Waals surface area (Å²) in [4.78, 5) is 0. The second-order valence-corrected chi connectivity index (χ2v) is 3.91. The van der Waals surface area contributed by atoms with Crippen molar-refractivity contribution in [3.8, 4) is 0 Å². The van der Waals surface area contributed by atoms with E-state index in [-0.39, 0.29) is 6.61 Å². The monoisotopic (exact) mass is 247 g/mol. The molecule has 1 unspecified atom stereocenters. The van der Waals surface area contributed by atoms with Crippen molar-refractivity contribution < 1.29 is 9.52 Å². The molecule has 0 aliphatic carbocycles. The van der Waals surface area contributed by atoms with E-state index in [0.717, 1.165) is 17.0 Å². The van der Waals surface area contributed by atoms with Gasteiger partial charge in [0, 0.05) is 13.2 Å². The Labute approximate surface area is 86.3 Å². The molecule has 0 aliphatic rings. The summed E-state index contributed by atoms with van der Waals surface area (Å²) in [5, 5.41) is 12.0. The Hall–Kier alpha value is -0.320. The lowest BCUT2D eigenvalue weighted by atomic mass is 10.2. The fourth-order valence-electron chi connectivity index (χ4n) is 0.953. The summed E-state index contributed by atoms with van der Waals surface area (Å²) in [6, 6.07) is 3.78. The van der Waals surface area contributed by atoms with Crippen molar-refractivity contribution in [2.45, 2.75) is 13.5 Å². The molecule has 0 bridgehead atoms.